The SMILES string of the molecule is CC1CCCCC(C(=O)NC2CCCCCCC2)CCC1. The molecule has 0 aliphatic heterocycles. The van der Waals surface area contributed by atoms with Crippen molar-refractivity contribution in [3.63, 3.8) is 0 Å². The molecule has 21 heavy (non-hydrogen) atoms. The van der Waals surface area contributed by atoms with Crippen molar-refractivity contribution in [1.29, 1.82) is 0 Å². The van der Waals surface area contributed by atoms with Gasteiger partial charge in [-0.15, -0.1) is 0 Å². The van der Waals surface area contributed by atoms with Gasteiger partial charge in [-0.3, -0.25) is 4.79 Å². The van der Waals surface area contributed by atoms with Gasteiger partial charge in [0.2, 0.25) is 5.91 Å². The Labute approximate surface area is 131 Å². The Bertz CT molecular complexity index is 294. The molecule has 1 N–H and O–H groups in total. The van der Waals surface area contributed by atoms with Gasteiger partial charge in [0.1, 0.15) is 0 Å². The molecule has 0 aromatic carbocycles. The summed E-state index contributed by atoms with van der Waals surface area (Å²) >= 11 is 0. The molecule has 2 atom stereocenters. The molecule has 2 nitrogen and oxygen atoms in total. The molecule has 2 rings (SSSR count). The lowest BCUT2D eigenvalue weighted by Gasteiger charge is -2.24. The third-order valence-corrected chi connectivity index (χ3v) is 5.57. The minimum Gasteiger partial charge on any atom is -0.353 e. The molecule has 2 aliphatic rings. The summed E-state index contributed by atoms with van der Waals surface area (Å²) in [5.74, 6) is 1.52. The second-order valence-electron chi connectivity index (χ2n) is 7.57. The molecule has 0 saturated heterocycles. The predicted molar refractivity (Wildman–Crippen MR) is 89.2 cm³/mol. The number of hydrogen-bond acceptors (Lipinski definition) is 1. The average molecular weight is 293 g/mol. The van der Waals surface area contributed by atoms with Crippen LogP contribution in [0.15, 0.2) is 0 Å². The van der Waals surface area contributed by atoms with Crippen molar-refractivity contribution in [3.8, 4) is 0 Å². The van der Waals surface area contributed by atoms with Crippen LogP contribution in [0.4, 0.5) is 0 Å². The van der Waals surface area contributed by atoms with Gasteiger partial charge in [-0.05, 0) is 31.6 Å². The average Bonchev–Trinajstić information content (AvgIpc) is 2.53. The zero-order valence-electron chi connectivity index (χ0n) is 14.0. The Kier molecular flexibility index (Phi) is 7.60. The molecule has 2 unspecified atom stereocenters. The summed E-state index contributed by atoms with van der Waals surface area (Å²) in [4.78, 5) is 12.6. The highest BCUT2D eigenvalue weighted by Crippen LogP contribution is 2.26. The smallest absolute Gasteiger partial charge is 0.223 e. The van der Waals surface area contributed by atoms with Crippen LogP contribution in [0.1, 0.15) is 96.8 Å². The van der Waals surface area contributed by atoms with Crippen molar-refractivity contribution < 1.29 is 4.79 Å². The highest BCUT2D eigenvalue weighted by atomic mass is 16.1. The Morgan fingerprint density at radius 2 is 1.24 bits per heavy atom. The van der Waals surface area contributed by atoms with Crippen LogP contribution < -0.4 is 5.32 Å². The van der Waals surface area contributed by atoms with Crippen LogP contribution >= 0.6 is 0 Å². The van der Waals surface area contributed by atoms with E-state index in [1.54, 1.807) is 0 Å². The Morgan fingerprint density at radius 1 is 0.714 bits per heavy atom. The number of amides is 1. The van der Waals surface area contributed by atoms with E-state index in [4.69, 9.17) is 0 Å². The van der Waals surface area contributed by atoms with Gasteiger partial charge in [-0.25, -0.2) is 0 Å². The first-order chi connectivity index (χ1) is 10.3. The van der Waals surface area contributed by atoms with Crippen molar-refractivity contribution in [2.45, 2.75) is 103 Å². The molecule has 2 fully saturated rings. The van der Waals surface area contributed by atoms with Crippen LogP contribution in [-0.4, -0.2) is 11.9 Å². The van der Waals surface area contributed by atoms with Crippen LogP contribution in [0.3, 0.4) is 0 Å². The van der Waals surface area contributed by atoms with Gasteiger partial charge < -0.3 is 5.32 Å². The van der Waals surface area contributed by atoms with Gasteiger partial charge in [0, 0.05) is 12.0 Å². The first-order valence-electron chi connectivity index (χ1n) is 9.56. The van der Waals surface area contributed by atoms with Crippen molar-refractivity contribution in [2.24, 2.45) is 11.8 Å². The molecular weight excluding hydrogens is 258 g/mol. The van der Waals surface area contributed by atoms with Crippen molar-refractivity contribution in [2.75, 3.05) is 0 Å². The van der Waals surface area contributed by atoms with Crippen LogP contribution in [0.5, 0.6) is 0 Å². The van der Waals surface area contributed by atoms with Gasteiger partial charge in [0.15, 0.2) is 0 Å². The standard InChI is InChI=1S/C19H35NO/c1-16-10-7-8-12-17(13-9-11-16)19(21)20-18-14-5-3-2-4-6-15-18/h16-18H,2-15H2,1H3,(H,20,21). The molecular formula is C19H35NO. The summed E-state index contributed by atoms with van der Waals surface area (Å²) in [6, 6.07) is 0.462. The number of carbonyl (C=O) groups is 1. The van der Waals surface area contributed by atoms with Gasteiger partial charge in [-0.2, -0.15) is 0 Å². The fraction of sp³-hybridized carbons (Fsp3) is 0.947. The van der Waals surface area contributed by atoms with Crippen LogP contribution in [0, 0.1) is 11.8 Å². The fourth-order valence-electron chi connectivity index (χ4n) is 4.07. The maximum Gasteiger partial charge on any atom is 0.223 e. The second kappa shape index (κ2) is 9.48. The molecule has 0 bridgehead atoms. The third-order valence-electron chi connectivity index (χ3n) is 5.57. The predicted octanol–water partition coefficient (Wildman–Crippen LogP) is 5.21. The first-order valence-corrected chi connectivity index (χ1v) is 9.56. The molecule has 2 saturated carbocycles. The Balaban J connectivity index is 1.79. The van der Waals surface area contributed by atoms with Crippen molar-refractivity contribution in [3.05, 3.63) is 0 Å². The van der Waals surface area contributed by atoms with Gasteiger partial charge in [0.25, 0.3) is 0 Å². The minimum absolute atomic E-state index is 0.292. The monoisotopic (exact) mass is 293 g/mol. The maximum atomic E-state index is 12.6. The lowest BCUT2D eigenvalue weighted by atomic mass is 9.93. The second-order valence-corrected chi connectivity index (χ2v) is 7.57. The first kappa shape index (κ1) is 16.8. The van der Waals surface area contributed by atoms with Crippen molar-refractivity contribution in [1.82, 2.24) is 5.32 Å². The Morgan fingerprint density at radius 3 is 2.00 bits per heavy atom. The van der Waals surface area contributed by atoms with Crippen LogP contribution in [-0.2, 0) is 4.79 Å². The minimum atomic E-state index is 0.292. The summed E-state index contributed by atoms with van der Waals surface area (Å²) in [6.45, 7) is 2.37. The zero-order chi connectivity index (χ0) is 14.9. The van der Waals surface area contributed by atoms with E-state index in [1.807, 2.05) is 0 Å². The zero-order valence-corrected chi connectivity index (χ0v) is 14.0. The molecule has 0 spiro atoms. The van der Waals surface area contributed by atoms with E-state index in [1.165, 1.54) is 77.0 Å². The maximum absolute atomic E-state index is 12.6. The molecule has 0 radical (unpaired) electrons. The van der Waals surface area contributed by atoms with E-state index in [0.717, 1.165) is 18.8 Å². The summed E-state index contributed by atoms with van der Waals surface area (Å²) < 4.78 is 0. The lowest BCUT2D eigenvalue weighted by Crippen LogP contribution is -2.39. The molecule has 0 heterocycles. The lowest BCUT2D eigenvalue weighted by molar-refractivity contribution is -0.126. The molecule has 1 amide bonds. The van der Waals surface area contributed by atoms with Crippen molar-refractivity contribution >= 4 is 5.91 Å². The van der Waals surface area contributed by atoms with Gasteiger partial charge in [0.05, 0.1) is 0 Å². The van der Waals surface area contributed by atoms with E-state index in [-0.39, 0.29) is 0 Å². The molecule has 2 aliphatic carbocycles. The number of hydrogen-bond donors (Lipinski definition) is 1. The van der Waals surface area contributed by atoms with Crippen LogP contribution in [0.2, 0.25) is 0 Å². The highest BCUT2D eigenvalue weighted by Gasteiger charge is 2.22. The number of carbonyl (C=O) groups excluding carboxylic acids is 1. The molecule has 0 aromatic heterocycles. The normalized spacial score (nSPS) is 30.3. The summed E-state index contributed by atoms with van der Waals surface area (Å²) in [5, 5.41) is 3.40. The van der Waals surface area contributed by atoms with Crippen LogP contribution in [0.25, 0.3) is 0 Å². The molecule has 0 aromatic rings. The quantitative estimate of drug-likeness (QED) is 0.743. The number of rotatable bonds is 2. The highest BCUT2D eigenvalue weighted by molar-refractivity contribution is 5.78. The third kappa shape index (κ3) is 6.40. The van der Waals surface area contributed by atoms with E-state index < -0.39 is 0 Å². The van der Waals surface area contributed by atoms with Gasteiger partial charge in [-0.1, -0.05) is 71.1 Å². The fourth-order valence-corrected chi connectivity index (χ4v) is 4.07. The largest absolute Gasteiger partial charge is 0.353 e. The van der Waals surface area contributed by atoms with E-state index >= 15 is 0 Å². The molecule has 122 valence electrons. The van der Waals surface area contributed by atoms with Gasteiger partial charge >= 0.3 is 0 Å². The van der Waals surface area contributed by atoms with E-state index in [0.29, 0.717) is 17.9 Å². The summed E-state index contributed by atoms with van der Waals surface area (Å²) in [6.07, 6.45) is 17.8. The summed E-state index contributed by atoms with van der Waals surface area (Å²) in [7, 11) is 0. The molecule has 2 heteroatoms. The van der Waals surface area contributed by atoms with E-state index in [2.05, 4.69) is 12.2 Å². The van der Waals surface area contributed by atoms with E-state index in [9.17, 15) is 4.79 Å². The summed E-state index contributed by atoms with van der Waals surface area (Å²) in [5.41, 5.74) is 0. The topological polar surface area (TPSA) is 29.1 Å². The Hall–Kier alpha value is -0.530. The number of nitrogens with one attached hydrogen (secondary N) is 1.